The maximum atomic E-state index is 12.6. The molecule has 5 nitrogen and oxygen atoms in total. The maximum Gasteiger partial charge on any atom is 0.254 e. The fraction of sp³-hybridized carbons (Fsp3) is 0.375. The highest BCUT2D eigenvalue weighted by Crippen LogP contribution is 2.50. The number of anilines is 2. The Morgan fingerprint density at radius 3 is 2.95 bits per heavy atom. The maximum absolute atomic E-state index is 12.6. The Labute approximate surface area is 133 Å². The minimum absolute atomic E-state index is 0.0746. The SMILES string of the molecule is Nc1sc2c(c1C(=O)NCc1ccccn1)C1CCN2CC1. The number of carbonyl (C=O) groups excluding carboxylic acids is 1. The summed E-state index contributed by atoms with van der Waals surface area (Å²) in [5.41, 5.74) is 8.89. The lowest BCUT2D eigenvalue weighted by molar-refractivity contribution is 0.0950. The smallest absolute Gasteiger partial charge is 0.254 e. The molecule has 0 spiro atoms. The van der Waals surface area contributed by atoms with Crippen molar-refractivity contribution < 1.29 is 4.79 Å². The van der Waals surface area contributed by atoms with Crippen LogP contribution in [-0.4, -0.2) is 24.0 Å². The number of rotatable bonds is 3. The fourth-order valence-corrected chi connectivity index (χ4v) is 4.63. The summed E-state index contributed by atoms with van der Waals surface area (Å²) in [5, 5.41) is 4.81. The van der Waals surface area contributed by atoms with E-state index in [1.54, 1.807) is 17.5 Å². The first-order valence-electron chi connectivity index (χ1n) is 7.59. The zero-order valence-corrected chi connectivity index (χ0v) is 13.0. The zero-order chi connectivity index (χ0) is 15.1. The van der Waals surface area contributed by atoms with E-state index in [4.69, 9.17) is 5.73 Å². The molecule has 114 valence electrons. The number of hydrogen-bond acceptors (Lipinski definition) is 5. The van der Waals surface area contributed by atoms with Gasteiger partial charge in [0.25, 0.3) is 5.91 Å². The van der Waals surface area contributed by atoms with Crippen molar-refractivity contribution in [2.75, 3.05) is 23.7 Å². The quantitative estimate of drug-likeness (QED) is 0.912. The number of hydrogen-bond donors (Lipinski definition) is 2. The summed E-state index contributed by atoms with van der Waals surface area (Å²) >= 11 is 1.56. The monoisotopic (exact) mass is 314 g/mol. The van der Waals surface area contributed by atoms with Crippen molar-refractivity contribution in [3.05, 3.63) is 41.2 Å². The molecule has 0 aromatic carbocycles. The Morgan fingerprint density at radius 2 is 2.23 bits per heavy atom. The van der Waals surface area contributed by atoms with Crippen LogP contribution in [0.25, 0.3) is 0 Å². The summed E-state index contributed by atoms with van der Waals surface area (Å²) in [6.45, 7) is 2.61. The summed E-state index contributed by atoms with van der Waals surface area (Å²) in [6, 6.07) is 5.69. The molecule has 0 unspecified atom stereocenters. The molecule has 5 rings (SSSR count). The van der Waals surface area contributed by atoms with Crippen molar-refractivity contribution in [3.63, 3.8) is 0 Å². The molecule has 2 aromatic heterocycles. The minimum atomic E-state index is -0.0746. The van der Waals surface area contributed by atoms with Gasteiger partial charge in [-0.2, -0.15) is 0 Å². The van der Waals surface area contributed by atoms with Gasteiger partial charge in [0, 0.05) is 24.8 Å². The van der Waals surface area contributed by atoms with Gasteiger partial charge in [-0.25, -0.2) is 0 Å². The number of amides is 1. The normalized spacial score (nSPS) is 16.6. The average Bonchev–Trinajstić information content (AvgIpc) is 2.93. The molecule has 6 heteroatoms. The van der Waals surface area contributed by atoms with E-state index in [2.05, 4.69) is 15.2 Å². The van der Waals surface area contributed by atoms with Crippen molar-refractivity contribution in [2.45, 2.75) is 25.3 Å². The number of aromatic nitrogens is 1. The Balaban J connectivity index is 1.59. The van der Waals surface area contributed by atoms with E-state index >= 15 is 0 Å². The van der Waals surface area contributed by atoms with Crippen LogP contribution in [0.3, 0.4) is 0 Å². The first-order chi connectivity index (χ1) is 10.7. The molecule has 0 saturated carbocycles. The molecule has 1 saturated heterocycles. The van der Waals surface area contributed by atoms with Crippen LogP contribution < -0.4 is 16.0 Å². The zero-order valence-electron chi connectivity index (χ0n) is 12.2. The van der Waals surface area contributed by atoms with Gasteiger partial charge < -0.3 is 16.0 Å². The van der Waals surface area contributed by atoms with Crippen molar-refractivity contribution in [3.8, 4) is 0 Å². The molecule has 3 N–H and O–H groups in total. The van der Waals surface area contributed by atoms with E-state index in [1.165, 1.54) is 10.6 Å². The Morgan fingerprint density at radius 1 is 1.41 bits per heavy atom. The van der Waals surface area contributed by atoms with E-state index in [0.717, 1.165) is 31.6 Å². The second-order valence-corrected chi connectivity index (χ2v) is 6.86. The Kier molecular flexibility index (Phi) is 3.26. The summed E-state index contributed by atoms with van der Waals surface area (Å²) in [7, 11) is 0. The third-order valence-corrected chi connectivity index (χ3v) is 5.62. The molecule has 1 fully saturated rings. The lowest BCUT2D eigenvalue weighted by atomic mass is 9.84. The number of piperidine rings is 1. The van der Waals surface area contributed by atoms with E-state index in [-0.39, 0.29) is 5.91 Å². The number of nitrogens with zero attached hydrogens (tertiary/aromatic N) is 2. The van der Waals surface area contributed by atoms with Crippen LogP contribution >= 0.6 is 11.3 Å². The standard InChI is InChI=1S/C16H18N4OS/c17-14-13(15(21)19-9-11-3-1-2-6-18-11)12-10-4-7-20(8-5-10)16(12)22-14/h1-3,6,10H,4-5,7-9,17H2,(H,19,21). The molecule has 2 aromatic rings. The van der Waals surface area contributed by atoms with Crippen LogP contribution in [0.2, 0.25) is 0 Å². The summed E-state index contributed by atoms with van der Waals surface area (Å²) in [5.74, 6) is 0.415. The molecular weight excluding hydrogens is 296 g/mol. The highest BCUT2D eigenvalue weighted by atomic mass is 32.1. The molecule has 3 aliphatic heterocycles. The third kappa shape index (κ3) is 2.14. The first-order valence-corrected chi connectivity index (χ1v) is 8.41. The average molecular weight is 314 g/mol. The molecule has 22 heavy (non-hydrogen) atoms. The molecule has 1 amide bonds. The lowest BCUT2D eigenvalue weighted by Gasteiger charge is -2.40. The van der Waals surface area contributed by atoms with Crippen molar-refractivity contribution in [2.24, 2.45) is 0 Å². The van der Waals surface area contributed by atoms with E-state index in [0.29, 0.717) is 23.0 Å². The Bertz CT molecular complexity index is 704. The largest absolute Gasteiger partial charge is 0.390 e. The van der Waals surface area contributed by atoms with Gasteiger partial charge in [0.2, 0.25) is 0 Å². The van der Waals surface area contributed by atoms with E-state index in [9.17, 15) is 4.79 Å². The molecule has 0 atom stereocenters. The number of nitrogen functional groups attached to an aromatic ring is 1. The first kappa shape index (κ1) is 13.6. The summed E-state index contributed by atoms with van der Waals surface area (Å²) in [6.07, 6.45) is 3.99. The van der Waals surface area contributed by atoms with Gasteiger partial charge in [0.1, 0.15) is 5.00 Å². The van der Waals surface area contributed by atoms with Crippen LogP contribution in [0.4, 0.5) is 10.0 Å². The molecule has 2 bridgehead atoms. The Hall–Kier alpha value is -2.08. The highest BCUT2D eigenvalue weighted by Gasteiger charge is 2.37. The lowest BCUT2D eigenvalue weighted by Crippen LogP contribution is -2.38. The summed E-state index contributed by atoms with van der Waals surface area (Å²) in [4.78, 5) is 19.2. The molecule has 3 aliphatic rings. The van der Waals surface area contributed by atoms with Crippen molar-refractivity contribution in [1.29, 1.82) is 0 Å². The van der Waals surface area contributed by atoms with E-state index in [1.807, 2.05) is 18.2 Å². The van der Waals surface area contributed by atoms with Crippen molar-refractivity contribution >= 4 is 27.2 Å². The van der Waals surface area contributed by atoms with Gasteiger partial charge >= 0.3 is 0 Å². The van der Waals surface area contributed by atoms with Crippen LogP contribution in [0.5, 0.6) is 0 Å². The van der Waals surface area contributed by atoms with Crippen LogP contribution in [0.15, 0.2) is 24.4 Å². The van der Waals surface area contributed by atoms with Crippen LogP contribution in [0.1, 0.15) is 40.4 Å². The van der Waals surface area contributed by atoms with Crippen molar-refractivity contribution in [1.82, 2.24) is 10.3 Å². The van der Waals surface area contributed by atoms with Crippen LogP contribution in [-0.2, 0) is 6.54 Å². The second kappa shape index (κ2) is 5.28. The number of carbonyl (C=O) groups is 1. The predicted molar refractivity (Wildman–Crippen MR) is 88.3 cm³/mol. The topological polar surface area (TPSA) is 71.2 Å². The highest BCUT2D eigenvalue weighted by molar-refractivity contribution is 7.20. The fourth-order valence-electron chi connectivity index (χ4n) is 3.43. The molecular formula is C16H18N4OS. The van der Waals surface area contributed by atoms with E-state index < -0.39 is 0 Å². The number of pyridine rings is 1. The molecule has 5 heterocycles. The van der Waals surface area contributed by atoms with Gasteiger partial charge in [-0.3, -0.25) is 9.78 Å². The van der Waals surface area contributed by atoms with Gasteiger partial charge in [-0.05, 0) is 30.9 Å². The number of nitrogens with two attached hydrogens (primary N) is 1. The van der Waals surface area contributed by atoms with Crippen LogP contribution in [0, 0.1) is 0 Å². The number of thiophene rings is 1. The third-order valence-electron chi connectivity index (χ3n) is 4.53. The van der Waals surface area contributed by atoms with Gasteiger partial charge in [-0.15, -0.1) is 11.3 Å². The summed E-state index contributed by atoms with van der Waals surface area (Å²) < 4.78 is 0. The predicted octanol–water partition coefficient (Wildman–Crippen LogP) is 2.35. The minimum Gasteiger partial charge on any atom is -0.390 e. The molecule has 0 radical (unpaired) electrons. The second-order valence-electron chi connectivity index (χ2n) is 5.83. The van der Waals surface area contributed by atoms with Gasteiger partial charge in [0.15, 0.2) is 0 Å². The molecule has 0 aliphatic carbocycles. The van der Waals surface area contributed by atoms with Gasteiger partial charge in [0.05, 0.1) is 22.8 Å². The van der Waals surface area contributed by atoms with Gasteiger partial charge in [-0.1, -0.05) is 6.07 Å². The number of fused-ring (bicyclic) bond motifs is 2. The number of nitrogens with one attached hydrogen (secondary N) is 1.